The molecule has 90 valence electrons. The van der Waals surface area contributed by atoms with Gasteiger partial charge in [-0.25, -0.2) is 0 Å². The Morgan fingerprint density at radius 3 is 2.94 bits per heavy atom. The Bertz CT molecular complexity index is 523. The van der Waals surface area contributed by atoms with Gasteiger partial charge in [-0.15, -0.1) is 10.2 Å². The number of aromatic nitrogens is 2. The lowest BCUT2D eigenvalue weighted by Gasteiger charge is -1.97. The van der Waals surface area contributed by atoms with Crippen molar-refractivity contribution in [2.75, 3.05) is 5.32 Å². The molecule has 2 heterocycles. The SMILES string of the molecule is CCc1nnc(NCc2csc([N+](=O)[O-])c2)s1. The van der Waals surface area contributed by atoms with Crippen molar-refractivity contribution < 1.29 is 4.92 Å². The quantitative estimate of drug-likeness (QED) is 0.667. The van der Waals surface area contributed by atoms with Gasteiger partial charge in [-0.3, -0.25) is 10.1 Å². The molecule has 0 fully saturated rings. The fraction of sp³-hybridized carbons (Fsp3) is 0.333. The Labute approximate surface area is 105 Å². The number of nitrogens with one attached hydrogen (secondary N) is 1. The molecule has 0 aliphatic rings. The third kappa shape index (κ3) is 2.98. The molecule has 8 heteroatoms. The van der Waals surface area contributed by atoms with Gasteiger partial charge < -0.3 is 5.32 Å². The van der Waals surface area contributed by atoms with Crippen LogP contribution in [-0.2, 0) is 13.0 Å². The molecule has 0 radical (unpaired) electrons. The lowest BCUT2D eigenvalue weighted by atomic mass is 10.3. The molecule has 0 saturated heterocycles. The monoisotopic (exact) mass is 270 g/mol. The number of thiophene rings is 1. The van der Waals surface area contributed by atoms with Gasteiger partial charge >= 0.3 is 5.00 Å². The second-order valence-corrected chi connectivity index (χ2v) is 5.21. The smallest absolute Gasteiger partial charge is 0.324 e. The Morgan fingerprint density at radius 2 is 2.35 bits per heavy atom. The second-order valence-electron chi connectivity index (χ2n) is 3.26. The summed E-state index contributed by atoms with van der Waals surface area (Å²) in [6.07, 6.45) is 0.864. The molecule has 17 heavy (non-hydrogen) atoms. The van der Waals surface area contributed by atoms with Crippen LogP contribution in [0, 0.1) is 10.1 Å². The molecule has 2 aromatic heterocycles. The zero-order chi connectivity index (χ0) is 12.3. The van der Waals surface area contributed by atoms with Crippen LogP contribution in [-0.4, -0.2) is 15.1 Å². The molecule has 2 aromatic rings. The van der Waals surface area contributed by atoms with E-state index in [1.807, 2.05) is 6.92 Å². The first-order chi connectivity index (χ1) is 8.19. The summed E-state index contributed by atoms with van der Waals surface area (Å²) in [4.78, 5) is 10.1. The number of anilines is 1. The second kappa shape index (κ2) is 5.19. The summed E-state index contributed by atoms with van der Waals surface area (Å²) in [6.45, 7) is 2.55. The number of hydrogen-bond donors (Lipinski definition) is 1. The van der Waals surface area contributed by atoms with E-state index in [9.17, 15) is 10.1 Å². The van der Waals surface area contributed by atoms with Crippen LogP contribution in [0.5, 0.6) is 0 Å². The van der Waals surface area contributed by atoms with Crippen molar-refractivity contribution in [2.45, 2.75) is 19.9 Å². The highest BCUT2D eigenvalue weighted by Crippen LogP contribution is 2.23. The minimum Gasteiger partial charge on any atom is -0.356 e. The predicted octanol–water partition coefficient (Wildman–Crippen LogP) is 2.68. The molecular weight excluding hydrogens is 260 g/mol. The van der Waals surface area contributed by atoms with E-state index in [0.29, 0.717) is 6.54 Å². The van der Waals surface area contributed by atoms with E-state index in [1.54, 1.807) is 11.4 Å². The van der Waals surface area contributed by atoms with Gasteiger partial charge in [0, 0.05) is 18.0 Å². The van der Waals surface area contributed by atoms with E-state index < -0.39 is 0 Å². The van der Waals surface area contributed by atoms with Crippen molar-refractivity contribution in [3.05, 3.63) is 32.1 Å². The predicted molar refractivity (Wildman–Crippen MR) is 67.6 cm³/mol. The summed E-state index contributed by atoms with van der Waals surface area (Å²) in [5.74, 6) is 0. The molecular formula is C9H10N4O2S2. The van der Waals surface area contributed by atoms with Gasteiger partial charge in [0.15, 0.2) is 0 Å². The van der Waals surface area contributed by atoms with Crippen LogP contribution < -0.4 is 5.32 Å². The van der Waals surface area contributed by atoms with Crippen LogP contribution >= 0.6 is 22.7 Å². The molecule has 0 aliphatic heterocycles. The number of aryl methyl sites for hydroxylation is 1. The maximum atomic E-state index is 10.5. The van der Waals surface area contributed by atoms with E-state index in [2.05, 4.69) is 15.5 Å². The highest BCUT2D eigenvalue weighted by molar-refractivity contribution is 7.15. The first-order valence-corrected chi connectivity index (χ1v) is 6.66. The molecule has 6 nitrogen and oxygen atoms in total. The average molecular weight is 270 g/mol. The molecule has 0 aliphatic carbocycles. The standard InChI is InChI=1S/C9H10N4O2S2/c1-2-7-11-12-9(17-7)10-4-6-3-8(13(14)15)16-5-6/h3,5H,2,4H2,1H3,(H,10,12). The van der Waals surface area contributed by atoms with Gasteiger partial charge in [-0.2, -0.15) is 0 Å². The maximum absolute atomic E-state index is 10.5. The molecule has 0 aromatic carbocycles. The van der Waals surface area contributed by atoms with Crippen molar-refractivity contribution in [1.82, 2.24) is 10.2 Å². The first-order valence-electron chi connectivity index (χ1n) is 4.97. The van der Waals surface area contributed by atoms with Crippen molar-refractivity contribution >= 4 is 32.8 Å². The summed E-state index contributed by atoms with van der Waals surface area (Å²) in [5, 5.41) is 25.2. The average Bonchev–Trinajstić information content (AvgIpc) is 2.95. The largest absolute Gasteiger partial charge is 0.356 e. The van der Waals surface area contributed by atoms with Gasteiger partial charge in [0.05, 0.1) is 4.92 Å². The summed E-state index contributed by atoms with van der Waals surface area (Å²) < 4.78 is 0. The maximum Gasteiger partial charge on any atom is 0.324 e. The Balaban J connectivity index is 1.94. The van der Waals surface area contributed by atoms with Gasteiger partial charge in [0.1, 0.15) is 5.01 Å². The summed E-state index contributed by atoms with van der Waals surface area (Å²) in [6, 6.07) is 1.57. The van der Waals surface area contributed by atoms with Gasteiger partial charge in [0.2, 0.25) is 5.13 Å². The Morgan fingerprint density at radius 1 is 1.53 bits per heavy atom. The van der Waals surface area contributed by atoms with Crippen LogP contribution in [0.25, 0.3) is 0 Å². The van der Waals surface area contributed by atoms with Gasteiger partial charge in [-0.05, 0) is 12.0 Å². The number of nitro groups is 1. The first kappa shape index (κ1) is 11.9. The molecule has 1 N–H and O–H groups in total. The minimum atomic E-state index is -0.381. The van der Waals surface area contributed by atoms with Crippen molar-refractivity contribution in [2.24, 2.45) is 0 Å². The lowest BCUT2D eigenvalue weighted by Crippen LogP contribution is -1.97. The molecule has 0 unspecified atom stereocenters. The third-order valence-electron chi connectivity index (χ3n) is 2.03. The molecule has 0 bridgehead atoms. The van der Waals surface area contributed by atoms with Gasteiger partial charge in [-0.1, -0.05) is 29.6 Å². The number of hydrogen-bond acceptors (Lipinski definition) is 7. The third-order valence-corrected chi connectivity index (χ3v) is 3.99. The van der Waals surface area contributed by atoms with Crippen molar-refractivity contribution in [1.29, 1.82) is 0 Å². The summed E-state index contributed by atoms with van der Waals surface area (Å²) >= 11 is 2.63. The highest BCUT2D eigenvalue weighted by atomic mass is 32.1. The fourth-order valence-electron chi connectivity index (χ4n) is 1.20. The van der Waals surface area contributed by atoms with E-state index in [1.165, 1.54) is 11.3 Å². The Hall–Kier alpha value is -1.54. The van der Waals surface area contributed by atoms with Crippen LogP contribution in [0.3, 0.4) is 0 Å². The van der Waals surface area contributed by atoms with Crippen molar-refractivity contribution in [3.63, 3.8) is 0 Å². The Kier molecular flexibility index (Phi) is 3.64. The molecule has 0 amide bonds. The van der Waals surface area contributed by atoms with Gasteiger partial charge in [0.25, 0.3) is 0 Å². The zero-order valence-corrected chi connectivity index (χ0v) is 10.7. The van der Waals surface area contributed by atoms with Crippen LogP contribution in [0.2, 0.25) is 0 Å². The normalized spacial score (nSPS) is 10.4. The van der Waals surface area contributed by atoms with Crippen LogP contribution in [0.4, 0.5) is 10.1 Å². The van der Waals surface area contributed by atoms with Crippen LogP contribution in [0.1, 0.15) is 17.5 Å². The van der Waals surface area contributed by atoms with E-state index in [0.717, 1.165) is 33.5 Å². The minimum absolute atomic E-state index is 0.160. The molecule has 0 saturated carbocycles. The number of rotatable bonds is 5. The number of nitrogens with zero attached hydrogens (tertiary/aromatic N) is 3. The summed E-state index contributed by atoms with van der Waals surface area (Å²) in [7, 11) is 0. The fourth-order valence-corrected chi connectivity index (χ4v) is 2.60. The molecule has 2 rings (SSSR count). The lowest BCUT2D eigenvalue weighted by molar-refractivity contribution is -0.380. The highest BCUT2D eigenvalue weighted by Gasteiger charge is 2.09. The van der Waals surface area contributed by atoms with E-state index in [-0.39, 0.29) is 9.92 Å². The van der Waals surface area contributed by atoms with Crippen LogP contribution in [0.15, 0.2) is 11.4 Å². The molecule has 0 atom stereocenters. The van der Waals surface area contributed by atoms with E-state index in [4.69, 9.17) is 0 Å². The van der Waals surface area contributed by atoms with Crippen molar-refractivity contribution in [3.8, 4) is 0 Å². The van der Waals surface area contributed by atoms with E-state index >= 15 is 0 Å². The topological polar surface area (TPSA) is 81.0 Å². The zero-order valence-electron chi connectivity index (χ0n) is 9.04. The summed E-state index contributed by atoms with van der Waals surface area (Å²) in [5.41, 5.74) is 0.884. The molecule has 0 spiro atoms.